The molecule has 1 N–H and O–H groups in total. The maximum Gasteiger partial charge on any atom is 0.164 e. The molecule has 2 rings (SSSR count). The third kappa shape index (κ3) is 3.70. The minimum atomic E-state index is 0.182. The van der Waals surface area contributed by atoms with Crippen molar-refractivity contribution in [3.05, 3.63) is 64.7 Å². The first-order valence-electron chi connectivity index (χ1n) is 6.97. The van der Waals surface area contributed by atoms with Crippen LogP contribution in [0, 0.1) is 20.8 Å². The molecule has 2 heteroatoms. The molecular weight excluding hydrogens is 246 g/mol. The minimum absolute atomic E-state index is 0.182. The van der Waals surface area contributed by atoms with Crippen molar-refractivity contribution >= 4 is 11.5 Å². The van der Waals surface area contributed by atoms with Crippen LogP contribution < -0.4 is 5.32 Å². The molecule has 0 unspecified atom stereocenters. The lowest BCUT2D eigenvalue weighted by atomic mass is 10.1. The molecule has 0 bridgehead atoms. The van der Waals surface area contributed by atoms with Gasteiger partial charge in [0, 0.05) is 24.2 Å². The zero-order chi connectivity index (χ0) is 14.5. The Kier molecular flexibility index (Phi) is 4.57. The summed E-state index contributed by atoms with van der Waals surface area (Å²) in [6, 6.07) is 14.0. The Bertz CT molecular complexity index is 599. The van der Waals surface area contributed by atoms with Crippen molar-refractivity contribution in [2.24, 2.45) is 0 Å². The van der Waals surface area contributed by atoms with Crippen molar-refractivity contribution in [2.45, 2.75) is 27.2 Å². The van der Waals surface area contributed by atoms with E-state index in [1.165, 1.54) is 16.7 Å². The van der Waals surface area contributed by atoms with E-state index in [-0.39, 0.29) is 5.78 Å². The standard InChI is InChI=1S/C18H21NO/c1-13-4-7-16(8-5-13)18(20)10-11-19-17-9-6-14(2)15(3)12-17/h4-9,12,19H,10-11H2,1-3H3. The fourth-order valence-electron chi connectivity index (χ4n) is 2.06. The molecule has 2 nitrogen and oxygen atoms in total. The van der Waals surface area contributed by atoms with E-state index in [0.717, 1.165) is 11.3 Å². The Morgan fingerprint density at radius 3 is 2.30 bits per heavy atom. The average molecular weight is 267 g/mol. The lowest BCUT2D eigenvalue weighted by molar-refractivity contribution is 0.0986. The highest BCUT2D eigenvalue weighted by Crippen LogP contribution is 2.14. The summed E-state index contributed by atoms with van der Waals surface area (Å²) in [5.41, 5.74) is 5.59. The van der Waals surface area contributed by atoms with Crippen LogP contribution in [0.3, 0.4) is 0 Å². The van der Waals surface area contributed by atoms with Crippen molar-refractivity contribution in [3.63, 3.8) is 0 Å². The van der Waals surface area contributed by atoms with Crippen LogP contribution >= 0.6 is 0 Å². The second kappa shape index (κ2) is 6.38. The molecule has 20 heavy (non-hydrogen) atoms. The highest BCUT2D eigenvalue weighted by molar-refractivity contribution is 5.96. The minimum Gasteiger partial charge on any atom is -0.385 e. The molecule has 0 heterocycles. The van der Waals surface area contributed by atoms with Crippen molar-refractivity contribution < 1.29 is 4.79 Å². The Balaban J connectivity index is 1.87. The van der Waals surface area contributed by atoms with E-state index in [1.807, 2.05) is 31.2 Å². The van der Waals surface area contributed by atoms with Crippen LogP contribution in [-0.4, -0.2) is 12.3 Å². The maximum atomic E-state index is 12.0. The van der Waals surface area contributed by atoms with Gasteiger partial charge in [-0.05, 0) is 44.0 Å². The fourth-order valence-corrected chi connectivity index (χ4v) is 2.06. The van der Waals surface area contributed by atoms with E-state index in [9.17, 15) is 4.79 Å². The van der Waals surface area contributed by atoms with Crippen LogP contribution in [0.5, 0.6) is 0 Å². The summed E-state index contributed by atoms with van der Waals surface area (Å²) in [6.07, 6.45) is 0.510. The van der Waals surface area contributed by atoms with Crippen molar-refractivity contribution in [3.8, 4) is 0 Å². The Labute approximate surface area is 120 Å². The van der Waals surface area contributed by atoms with Crippen LogP contribution in [0.2, 0.25) is 0 Å². The number of Topliss-reactive ketones (excluding diaryl/α,β-unsaturated/α-hetero) is 1. The third-order valence-electron chi connectivity index (χ3n) is 3.56. The Morgan fingerprint density at radius 2 is 1.65 bits per heavy atom. The SMILES string of the molecule is Cc1ccc(C(=O)CCNc2ccc(C)c(C)c2)cc1. The number of hydrogen-bond donors (Lipinski definition) is 1. The quantitative estimate of drug-likeness (QED) is 0.818. The van der Waals surface area contributed by atoms with E-state index < -0.39 is 0 Å². The molecule has 2 aromatic rings. The van der Waals surface area contributed by atoms with E-state index in [1.54, 1.807) is 0 Å². The number of ketones is 1. The molecule has 0 spiro atoms. The van der Waals surface area contributed by atoms with Crippen LogP contribution in [0.1, 0.15) is 33.5 Å². The van der Waals surface area contributed by atoms with E-state index in [4.69, 9.17) is 0 Å². The predicted octanol–water partition coefficient (Wildman–Crippen LogP) is 4.30. The van der Waals surface area contributed by atoms with Gasteiger partial charge in [0.05, 0.1) is 0 Å². The van der Waals surface area contributed by atoms with Crippen molar-refractivity contribution in [1.29, 1.82) is 0 Å². The Hall–Kier alpha value is -2.09. The summed E-state index contributed by atoms with van der Waals surface area (Å²) in [5, 5.41) is 3.30. The predicted molar refractivity (Wildman–Crippen MR) is 84.5 cm³/mol. The van der Waals surface area contributed by atoms with Gasteiger partial charge in [0.2, 0.25) is 0 Å². The van der Waals surface area contributed by atoms with Gasteiger partial charge in [-0.15, -0.1) is 0 Å². The largest absolute Gasteiger partial charge is 0.385 e. The van der Waals surface area contributed by atoms with Gasteiger partial charge in [0.25, 0.3) is 0 Å². The smallest absolute Gasteiger partial charge is 0.164 e. The summed E-state index contributed by atoms with van der Waals surface area (Å²) in [5.74, 6) is 0.182. The molecule has 0 saturated heterocycles. The van der Waals surface area contributed by atoms with Gasteiger partial charge >= 0.3 is 0 Å². The number of rotatable bonds is 5. The second-order valence-electron chi connectivity index (χ2n) is 5.27. The maximum absolute atomic E-state index is 12.0. The zero-order valence-electron chi connectivity index (χ0n) is 12.4. The number of hydrogen-bond acceptors (Lipinski definition) is 2. The molecule has 104 valence electrons. The van der Waals surface area contributed by atoms with Gasteiger partial charge < -0.3 is 5.32 Å². The highest BCUT2D eigenvalue weighted by Gasteiger charge is 2.05. The lowest BCUT2D eigenvalue weighted by Crippen LogP contribution is -2.09. The molecular formula is C18H21NO. The molecule has 0 aromatic heterocycles. The molecule has 0 aliphatic heterocycles. The van der Waals surface area contributed by atoms with Gasteiger partial charge in [-0.1, -0.05) is 35.9 Å². The number of carbonyl (C=O) groups is 1. The summed E-state index contributed by atoms with van der Waals surface area (Å²) in [6.45, 7) is 6.88. The Morgan fingerprint density at radius 1 is 0.950 bits per heavy atom. The first-order chi connectivity index (χ1) is 9.56. The van der Waals surface area contributed by atoms with Gasteiger partial charge in [-0.2, -0.15) is 0 Å². The average Bonchev–Trinajstić information content (AvgIpc) is 2.43. The highest BCUT2D eigenvalue weighted by atomic mass is 16.1. The monoisotopic (exact) mass is 267 g/mol. The molecule has 2 aromatic carbocycles. The first-order valence-corrected chi connectivity index (χ1v) is 6.97. The summed E-state index contributed by atoms with van der Waals surface area (Å²) >= 11 is 0. The van der Waals surface area contributed by atoms with Crippen molar-refractivity contribution in [2.75, 3.05) is 11.9 Å². The van der Waals surface area contributed by atoms with Crippen LogP contribution in [-0.2, 0) is 0 Å². The molecule has 0 fully saturated rings. The van der Waals surface area contributed by atoms with E-state index >= 15 is 0 Å². The van der Waals surface area contributed by atoms with Crippen LogP contribution in [0.4, 0.5) is 5.69 Å². The first kappa shape index (κ1) is 14.3. The molecule has 0 amide bonds. The summed E-state index contributed by atoms with van der Waals surface area (Å²) < 4.78 is 0. The van der Waals surface area contributed by atoms with Gasteiger partial charge in [-0.3, -0.25) is 4.79 Å². The summed E-state index contributed by atoms with van der Waals surface area (Å²) in [4.78, 5) is 12.0. The van der Waals surface area contributed by atoms with E-state index in [0.29, 0.717) is 13.0 Å². The molecule has 0 aliphatic rings. The number of aryl methyl sites for hydroxylation is 3. The summed E-state index contributed by atoms with van der Waals surface area (Å²) in [7, 11) is 0. The lowest BCUT2D eigenvalue weighted by Gasteiger charge is -2.08. The third-order valence-corrected chi connectivity index (χ3v) is 3.56. The second-order valence-corrected chi connectivity index (χ2v) is 5.27. The molecule has 0 aliphatic carbocycles. The number of anilines is 1. The van der Waals surface area contributed by atoms with Gasteiger partial charge in [-0.25, -0.2) is 0 Å². The number of carbonyl (C=O) groups excluding carboxylic acids is 1. The van der Waals surface area contributed by atoms with Crippen LogP contribution in [0.25, 0.3) is 0 Å². The number of nitrogens with one attached hydrogen (secondary N) is 1. The zero-order valence-corrected chi connectivity index (χ0v) is 12.4. The molecule has 0 saturated carbocycles. The van der Waals surface area contributed by atoms with Gasteiger partial charge in [0.15, 0.2) is 5.78 Å². The van der Waals surface area contributed by atoms with Crippen molar-refractivity contribution in [1.82, 2.24) is 0 Å². The molecule has 0 radical (unpaired) electrons. The topological polar surface area (TPSA) is 29.1 Å². The van der Waals surface area contributed by atoms with Crippen LogP contribution in [0.15, 0.2) is 42.5 Å². The number of benzene rings is 2. The van der Waals surface area contributed by atoms with E-state index in [2.05, 4.69) is 37.4 Å². The fraction of sp³-hybridized carbons (Fsp3) is 0.278. The normalized spacial score (nSPS) is 10.3. The van der Waals surface area contributed by atoms with Gasteiger partial charge in [0.1, 0.15) is 0 Å². The molecule has 0 atom stereocenters.